The number of anilines is 1. The van der Waals surface area contributed by atoms with E-state index in [4.69, 9.17) is 46.4 Å². The summed E-state index contributed by atoms with van der Waals surface area (Å²) >= 11 is 24.4. The van der Waals surface area contributed by atoms with E-state index in [9.17, 15) is 18.0 Å². The second-order valence-electron chi connectivity index (χ2n) is 8.68. The van der Waals surface area contributed by atoms with Gasteiger partial charge in [-0.1, -0.05) is 65.5 Å². The molecule has 1 N–H and O–H groups in total. The molecule has 1 unspecified atom stereocenters. The summed E-state index contributed by atoms with van der Waals surface area (Å²) in [6.07, 6.45) is 0.709. The van der Waals surface area contributed by atoms with Crippen LogP contribution in [0.1, 0.15) is 25.8 Å². The maximum absolute atomic E-state index is 13.8. The van der Waals surface area contributed by atoms with Gasteiger partial charge in [0.15, 0.2) is 0 Å². The van der Waals surface area contributed by atoms with E-state index in [0.717, 1.165) is 4.31 Å². The summed E-state index contributed by atoms with van der Waals surface area (Å²) in [5.41, 5.74) is 0.797. The summed E-state index contributed by atoms with van der Waals surface area (Å²) in [6, 6.07) is 15.7. The number of hydrogen-bond donors (Lipinski definition) is 1. The minimum atomic E-state index is -4.23. The van der Waals surface area contributed by atoms with Gasteiger partial charge in [-0.25, -0.2) is 8.42 Å². The van der Waals surface area contributed by atoms with Crippen LogP contribution in [-0.2, 0) is 26.2 Å². The van der Waals surface area contributed by atoms with Crippen LogP contribution in [0.15, 0.2) is 71.6 Å². The predicted octanol–water partition coefficient (Wildman–Crippen LogP) is 6.44. The summed E-state index contributed by atoms with van der Waals surface area (Å²) in [4.78, 5) is 28.0. The van der Waals surface area contributed by atoms with Gasteiger partial charge in [0.2, 0.25) is 11.8 Å². The molecular weight excluding hydrogens is 604 g/mol. The SMILES string of the molecule is CCCNC(=O)C(C)N(Cc1ccc(Cl)c(Cl)c1)C(=O)CN(c1cccc(Cl)c1)S(=O)(=O)c1ccc(Cl)cc1. The Hall–Kier alpha value is -2.49. The molecule has 0 aromatic heterocycles. The molecule has 0 saturated carbocycles. The Labute approximate surface area is 248 Å². The molecule has 0 aliphatic rings. The lowest BCUT2D eigenvalue weighted by Gasteiger charge is -2.32. The molecule has 0 bridgehead atoms. The number of amides is 2. The third-order valence-corrected chi connectivity index (χ3v) is 8.84. The molecule has 0 heterocycles. The average Bonchev–Trinajstić information content (AvgIpc) is 2.90. The molecule has 2 amide bonds. The molecule has 3 aromatic rings. The van der Waals surface area contributed by atoms with Crippen molar-refractivity contribution in [3.05, 3.63) is 92.4 Å². The molecule has 12 heteroatoms. The summed E-state index contributed by atoms with van der Waals surface area (Å²) in [5, 5.41) is 4.06. The minimum absolute atomic E-state index is 0.0131. The van der Waals surface area contributed by atoms with Crippen LogP contribution in [0.25, 0.3) is 0 Å². The topological polar surface area (TPSA) is 86.8 Å². The second-order valence-corrected chi connectivity index (χ2v) is 12.2. The maximum atomic E-state index is 13.8. The van der Waals surface area contributed by atoms with Crippen LogP contribution in [-0.4, -0.2) is 44.3 Å². The first-order valence-electron chi connectivity index (χ1n) is 12.0. The molecule has 0 spiro atoms. The maximum Gasteiger partial charge on any atom is 0.264 e. The van der Waals surface area contributed by atoms with E-state index in [-0.39, 0.29) is 33.1 Å². The van der Waals surface area contributed by atoms with Gasteiger partial charge in [-0.05, 0) is 73.5 Å². The number of carbonyl (C=O) groups is 2. The molecule has 0 aliphatic carbocycles. The number of carbonyl (C=O) groups excluding carboxylic acids is 2. The molecule has 39 heavy (non-hydrogen) atoms. The van der Waals surface area contributed by atoms with Crippen molar-refractivity contribution in [2.75, 3.05) is 17.4 Å². The number of hydrogen-bond acceptors (Lipinski definition) is 4. The van der Waals surface area contributed by atoms with Crippen molar-refractivity contribution in [2.45, 2.75) is 37.8 Å². The Kier molecular flexibility index (Phi) is 10.9. The highest BCUT2D eigenvalue weighted by Crippen LogP contribution is 2.28. The van der Waals surface area contributed by atoms with Crippen LogP contribution in [0.2, 0.25) is 20.1 Å². The predicted molar refractivity (Wildman–Crippen MR) is 157 cm³/mol. The van der Waals surface area contributed by atoms with Gasteiger partial charge in [-0.3, -0.25) is 13.9 Å². The lowest BCUT2D eigenvalue weighted by Crippen LogP contribution is -2.51. The largest absolute Gasteiger partial charge is 0.354 e. The fraction of sp³-hybridized carbons (Fsp3) is 0.259. The lowest BCUT2D eigenvalue weighted by atomic mass is 10.1. The van der Waals surface area contributed by atoms with E-state index in [2.05, 4.69) is 5.32 Å². The van der Waals surface area contributed by atoms with E-state index in [1.165, 1.54) is 41.3 Å². The molecule has 0 fully saturated rings. The van der Waals surface area contributed by atoms with E-state index < -0.39 is 28.5 Å². The average molecular weight is 631 g/mol. The van der Waals surface area contributed by atoms with Gasteiger partial charge in [0.25, 0.3) is 10.0 Å². The van der Waals surface area contributed by atoms with Gasteiger partial charge in [-0.2, -0.15) is 0 Å². The van der Waals surface area contributed by atoms with Crippen molar-refractivity contribution in [2.24, 2.45) is 0 Å². The molecule has 0 aliphatic heterocycles. The first kappa shape index (κ1) is 31.0. The Morgan fingerprint density at radius 3 is 2.21 bits per heavy atom. The van der Waals surface area contributed by atoms with Gasteiger partial charge in [0, 0.05) is 23.1 Å². The van der Waals surface area contributed by atoms with Crippen LogP contribution in [0.3, 0.4) is 0 Å². The van der Waals surface area contributed by atoms with Crippen LogP contribution in [0.4, 0.5) is 5.69 Å². The first-order chi connectivity index (χ1) is 18.4. The molecular formula is C27H27Cl4N3O4S. The molecule has 1 atom stereocenters. The Morgan fingerprint density at radius 1 is 0.897 bits per heavy atom. The highest BCUT2D eigenvalue weighted by molar-refractivity contribution is 7.92. The lowest BCUT2D eigenvalue weighted by molar-refractivity contribution is -0.139. The molecule has 7 nitrogen and oxygen atoms in total. The molecule has 0 radical (unpaired) electrons. The summed E-state index contributed by atoms with van der Waals surface area (Å²) in [6.45, 7) is 3.31. The Balaban J connectivity index is 2.03. The summed E-state index contributed by atoms with van der Waals surface area (Å²) in [7, 11) is -4.23. The number of nitrogens with zero attached hydrogens (tertiary/aromatic N) is 2. The van der Waals surface area contributed by atoms with Crippen molar-refractivity contribution in [3.8, 4) is 0 Å². The number of halogens is 4. The second kappa shape index (κ2) is 13.7. The molecule has 208 valence electrons. The number of sulfonamides is 1. The zero-order chi connectivity index (χ0) is 28.7. The van der Waals surface area contributed by atoms with Crippen molar-refractivity contribution in [1.82, 2.24) is 10.2 Å². The number of nitrogens with one attached hydrogen (secondary N) is 1. The zero-order valence-electron chi connectivity index (χ0n) is 21.2. The third kappa shape index (κ3) is 8.02. The quantitative estimate of drug-likeness (QED) is 0.264. The smallest absolute Gasteiger partial charge is 0.264 e. The van der Waals surface area contributed by atoms with E-state index in [0.29, 0.717) is 28.6 Å². The van der Waals surface area contributed by atoms with Gasteiger partial charge in [0.1, 0.15) is 12.6 Å². The van der Waals surface area contributed by atoms with Crippen molar-refractivity contribution < 1.29 is 18.0 Å². The molecule has 3 aromatic carbocycles. The van der Waals surface area contributed by atoms with Crippen LogP contribution in [0.5, 0.6) is 0 Å². The fourth-order valence-corrected chi connectivity index (χ4v) is 5.74. The number of benzene rings is 3. The van der Waals surface area contributed by atoms with Crippen molar-refractivity contribution in [1.29, 1.82) is 0 Å². The Bertz CT molecular complexity index is 1440. The fourth-order valence-electron chi connectivity index (χ4n) is 3.71. The van der Waals surface area contributed by atoms with Gasteiger partial charge >= 0.3 is 0 Å². The Morgan fingerprint density at radius 2 is 1.59 bits per heavy atom. The normalized spacial score (nSPS) is 12.1. The first-order valence-corrected chi connectivity index (χ1v) is 14.9. The number of rotatable bonds is 11. The van der Waals surface area contributed by atoms with Crippen LogP contribution in [0, 0.1) is 0 Å². The zero-order valence-corrected chi connectivity index (χ0v) is 25.0. The van der Waals surface area contributed by atoms with E-state index in [1.54, 1.807) is 37.3 Å². The third-order valence-electron chi connectivity index (χ3n) is 5.83. The summed E-state index contributed by atoms with van der Waals surface area (Å²) in [5.74, 6) is -0.988. The van der Waals surface area contributed by atoms with Gasteiger partial charge in [-0.15, -0.1) is 0 Å². The van der Waals surface area contributed by atoms with Crippen molar-refractivity contribution >= 4 is 73.9 Å². The monoisotopic (exact) mass is 629 g/mol. The minimum Gasteiger partial charge on any atom is -0.354 e. The molecule has 0 saturated heterocycles. The van der Waals surface area contributed by atoms with Crippen LogP contribution >= 0.6 is 46.4 Å². The van der Waals surface area contributed by atoms with E-state index >= 15 is 0 Å². The van der Waals surface area contributed by atoms with Gasteiger partial charge < -0.3 is 10.2 Å². The van der Waals surface area contributed by atoms with Crippen LogP contribution < -0.4 is 9.62 Å². The highest BCUT2D eigenvalue weighted by atomic mass is 35.5. The van der Waals surface area contributed by atoms with Gasteiger partial charge in [0.05, 0.1) is 20.6 Å². The van der Waals surface area contributed by atoms with Crippen molar-refractivity contribution in [3.63, 3.8) is 0 Å². The standard InChI is InChI=1S/C27H27Cl4N3O4S/c1-3-13-32-27(36)18(2)33(16-19-7-12-24(30)25(31)14-19)26(35)17-34(22-6-4-5-21(29)15-22)39(37,38)23-10-8-20(28)9-11-23/h4-12,14-15,18H,3,13,16-17H2,1-2H3,(H,32,36). The van der Waals surface area contributed by atoms with E-state index in [1.807, 2.05) is 6.92 Å². The highest BCUT2D eigenvalue weighted by Gasteiger charge is 2.32. The summed E-state index contributed by atoms with van der Waals surface area (Å²) < 4.78 is 28.5. The molecule has 3 rings (SSSR count).